The molecule has 0 spiro atoms. The number of hydrogen-bond acceptors (Lipinski definition) is 4. The monoisotopic (exact) mass is 289 g/mol. The molecule has 0 aliphatic carbocycles. The van der Waals surface area contributed by atoms with Gasteiger partial charge in [-0.2, -0.15) is 0 Å². The number of hydrogen-bond donors (Lipinski definition) is 0. The third kappa shape index (κ3) is 2.32. The Balaban J connectivity index is 2.03. The first kappa shape index (κ1) is 14.1. The van der Waals surface area contributed by atoms with Crippen LogP contribution < -0.4 is 10.5 Å². The summed E-state index contributed by atoms with van der Waals surface area (Å²) < 4.78 is 3.52. The average molecular weight is 289 g/mol. The van der Waals surface area contributed by atoms with E-state index in [0.29, 0.717) is 5.52 Å². The van der Waals surface area contributed by atoms with E-state index in [1.165, 1.54) is 12.8 Å². The number of rotatable bonds is 5. The Bertz CT molecular complexity index is 700. The normalized spacial score (nSPS) is 14.4. The lowest BCUT2D eigenvalue weighted by molar-refractivity contribution is 0.674. The average Bonchev–Trinajstić information content (AvgIpc) is 3.04. The summed E-state index contributed by atoms with van der Waals surface area (Å²) in [5.74, 6) is 1.90. The van der Waals surface area contributed by atoms with Crippen molar-refractivity contribution < 1.29 is 0 Å². The second kappa shape index (κ2) is 5.50. The van der Waals surface area contributed by atoms with E-state index in [9.17, 15) is 4.79 Å². The van der Waals surface area contributed by atoms with Crippen molar-refractivity contribution >= 4 is 11.5 Å². The number of unbranched alkanes of at least 4 members (excludes halogenated alkanes) is 2. The molecular formula is C15H23N5O. The number of fused-ring (bicyclic) bond motifs is 2. The van der Waals surface area contributed by atoms with Crippen LogP contribution in [-0.2, 0) is 6.54 Å². The molecule has 0 atom stereocenters. The van der Waals surface area contributed by atoms with Gasteiger partial charge in [-0.15, -0.1) is 5.10 Å². The zero-order valence-corrected chi connectivity index (χ0v) is 13.0. The van der Waals surface area contributed by atoms with Gasteiger partial charge in [0, 0.05) is 25.6 Å². The molecule has 21 heavy (non-hydrogen) atoms. The Hall–Kier alpha value is -1.85. The molecule has 0 fully saturated rings. The molecule has 6 heteroatoms. The maximum absolute atomic E-state index is 12.6. The van der Waals surface area contributed by atoms with Gasteiger partial charge in [-0.25, -0.2) is 9.50 Å². The summed E-state index contributed by atoms with van der Waals surface area (Å²) in [6, 6.07) is 0. The first-order valence-corrected chi connectivity index (χ1v) is 7.87. The molecule has 114 valence electrons. The Kier molecular flexibility index (Phi) is 3.69. The lowest BCUT2D eigenvalue weighted by atomic mass is 10.2. The summed E-state index contributed by atoms with van der Waals surface area (Å²) in [4.78, 5) is 19.2. The molecule has 2 aromatic rings. The van der Waals surface area contributed by atoms with E-state index in [0.717, 1.165) is 37.8 Å². The van der Waals surface area contributed by atoms with Crippen LogP contribution in [0.4, 0.5) is 5.95 Å². The van der Waals surface area contributed by atoms with Gasteiger partial charge in [-0.1, -0.05) is 33.6 Å². The van der Waals surface area contributed by atoms with Crippen LogP contribution in [0, 0.1) is 0 Å². The number of imidazole rings is 1. The molecule has 3 heterocycles. The SMILES string of the molecule is CCCCCN1CCn2c1nn1c(C(C)C)ncc1c2=O. The van der Waals surface area contributed by atoms with Gasteiger partial charge < -0.3 is 4.90 Å². The summed E-state index contributed by atoms with van der Waals surface area (Å²) >= 11 is 0. The predicted octanol–water partition coefficient (Wildman–Crippen LogP) is 2.02. The highest BCUT2D eigenvalue weighted by Gasteiger charge is 2.24. The second-order valence-corrected chi connectivity index (χ2v) is 6.02. The van der Waals surface area contributed by atoms with Crippen molar-refractivity contribution in [2.75, 3.05) is 18.0 Å². The van der Waals surface area contributed by atoms with Crippen molar-refractivity contribution in [1.29, 1.82) is 0 Å². The topological polar surface area (TPSA) is 55.4 Å². The molecule has 6 nitrogen and oxygen atoms in total. The fraction of sp³-hybridized carbons (Fsp3) is 0.667. The molecule has 0 amide bonds. The highest BCUT2D eigenvalue weighted by Crippen LogP contribution is 2.19. The largest absolute Gasteiger partial charge is 0.339 e. The molecule has 3 rings (SSSR count). The molecule has 0 radical (unpaired) electrons. The Morgan fingerprint density at radius 2 is 2.10 bits per heavy atom. The maximum Gasteiger partial charge on any atom is 0.281 e. The van der Waals surface area contributed by atoms with Gasteiger partial charge >= 0.3 is 0 Å². The Morgan fingerprint density at radius 3 is 2.81 bits per heavy atom. The van der Waals surface area contributed by atoms with Crippen LogP contribution >= 0.6 is 0 Å². The molecule has 0 aromatic carbocycles. The lowest BCUT2D eigenvalue weighted by Gasteiger charge is -2.17. The molecular weight excluding hydrogens is 266 g/mol. The van der Waals surface area contributed by atoms with Crippen molar-refractivity contribution in [3.63, 3.8) is 0 Å². The van der Waals surface area contributed by atoms with Gasteiger partial charge in [0.15, 0.2) is 5.52 Å². The summed E-state index contributed by atoms with van der Waals surface area (Å²) in [6.07, 6.45) is 5.21. The van der Waals surface area contributed by atoms with Crippen LogP contribution in [0.3, 0.4) is 0 Å². The van der Waals surface area contributed by atoms with Gasteiger partial charge in [0.2, 0.25) is 5.95 Å². The van der Waals surface area contributed by atoms with Crippen molar-refractivity contribution in [3.8, 4) is 0 Å². The molecule has 0 saturated carbocycles. The summed E-state index contributed by atoms with van der Waals surface area (Å²) in [5.41, 5.74) is 0.607. The van der Waals surface area contributed by atoms with Crippen molar-refractivity contribution in [3.05, 3.63) is 22.4 Å². The van der Waals surface area contributed by atoms with E-state index < -0.39 is 0 Å². The highest BCUT2D eigenvalue weighted by atomic mass is 16.1. The molecule has 2 aromatic heterocycles. The van der Waals surface area contributed by atoms with Gasteiger partial charge in [0.25, 0.3) is 5.56 Å². The Morgan fingerprint density at radius 1 is 1.29 bits per heavy atom. The van der Waals surface area contributed by atoms with E-state index in [2.05, 4.69) is 30.7 Å². The minimum Gasteiger partial charge on any atom is -0.339 e. The minimum atomic E-state index is 0.0254. The van der Waals surface area contributed by atoms with Crippen LogP contribution in [-0.4, -0.2) is 32.3 Å². The zero-order valence-electron chi connectivity index (χ0n) is 13.0. The van der Waals surface area contributed by atoms with Crippen LogP contribution in [0.25, 0.3) is 5.52 Å². The maximum atomic E-state index is 12.6. The summed E-state index contributed by atoms with van der Waals surface area (Å²) in [5, 5.41) is 4.70. The van der Waals surface area contributed by atoms with E-state index in [4.69, 9.17) is 5.10 Å². The first-order chi connectivity index (χ1) is 10.1. The third-order valence-corrected chi connectivity index (χ3v) is 4.08. The van der Waals surface area contributed by atoms with Crippen molar-refractivity contribution in [2.45, 2.75) is 52.5 Å². The molecule has 0 N–H and O–H groups in total. The number of aromatic nitrogens is 4. The summed E-state index contributed by atoms with van der Waals surface area (Å²) in [7, 11) is 0. The van der Waals surface area contributed by atoms with Crippen LogP contribution in [0.2, 0.25) is 0 Å². The van der Waals surface area contributed by atoms with E-state index in [1.807, 2.05) is 0 Å². The van der Waals surface area contributed by atoms with E-state index in [1.54, 1.807) is 15.3 Å². The smallest absolute Gasteiger partial charge is 0.281 e. The van der Waals surface area contributed by atoms with E-state index >= 15 is 0 Å². The van der Waals surface area contributed by atoms with Crippen LogP contribution in [0.1, 0.15) is 51.8 Å². The van der Waals surface area contributed by atoms with Gasteiger partial charge in [-0.3, -0.25) is 9.36 Å². The Labute approximate surface area is 124 Å². The quantitative estimate of drug-likeness (QED) is 0.790. The van der Waals surface area contributed by atoms with Crippen LogP contribution in [0.15, 0.2) is 11.0 Å². The third-order valence-electron chi connectivity index (χ3n) is 4.08. The van der Waals surface area contributed by atoms with Crippen molar-refractivity contribution in [2.24, 2.45) is 0 Å². The first-order valence-electron chi connectivity index (χ1n) is 7.87. The molecule has 0 saturated heterocycles. The molecule has 0 bridgehead atoms. The molecule has 0 unspecified atom stereocenters. The lowest BCUT2D eigenvalue weighted by Crippen LogP contribution is -2.26. The predicted molar refractivity (Wildman–Crippen MR) is 83.1 cm³/mol. The van der Waals surface area contributed by atoms with Gasteiger partial charge in [0.1, 0.15) is 5.82 Å². The fourth-order valence-corrected chi connectivity index (χ4v) is 2.90. The second-order valence-electron chi connectivity index (χ2n) is 6.02. The fourth-order valence-electron chi connectivity index (χ4n) is 2.90. The molecule has 1 aliphatic rings. The zero-order chi connectivity index (χ0) is 15.0. The van der Waals surface area contributed by atoms with E-state index in [-0.39, 0.29) is 11.5 Å². The van der Waals surface area contributed by atoms with Gasteiger partial charge in [-0.05, 0) is 6.42 Å². The van der Waals surface area contributed by atoms with Gasteiger partial charge in [0.05, 0.1) is 6.20 Å². The molecule has 1 aliphatic heterocycles. The highest BCUT2D eigenvalue weighted by molar-refractivity contribution is 5.47. The number of nitrogens with zero attached hydrogens (tertiary/aromatic N) is 5. The summed E-state index contributed by atoms with van der Waals surface area (Å²) in [6.45, 7) is 8.91. The van der Waals surface area contributed by atoms with Crippen molar-refractivity contribution in [1.82, 2.24) is 19.2 Å². The standard InChI is InChI=1S/C15H23N5O/c1-4-5-6-7-18-8-9-19-14(21)12-10-16-13(11(2)3)20(12)17-15(18)19/h10-11H,4-9H2,1-3H3. The van der Waals surface area contributed by atoms with Crippen LogP contribution in [0.5, 0.6) is 0 Å². The minimum absolute atomic E-state index is 0.0254. The number of anilines is 1.